The summed E-state index contributed by atoms with van der Waals surface area (Å²) in [7, 11) is 0. The fourth-order valence-corrected chi connectivity index (χ4v) is 9.78. The highest BCUT2D eigenvalue weighted by Gasteiger charge is 2.27. The normalized spacial score (nSPS) is 14.3. The molecule has 0 unspecified atom stereocenters. The van der Waals surface area contributed by atoms with Crippen molar-refractivity contribution in [1.29, 1.82) is 0 Å². The van der Waals surface area contributed by atoms with Crippen molar-refractivity contribution in [3.05, 3.63) is 146 Å². The van der Waals surface area contributed by atoms with Crippen molar-refractivity contribution in [2.24, 2.45) is 0 Å². The molecule has 6 aromatic carbocycles. The monoisotopic (exact) mass is 1000 g/mol. The molecule has 18 bridgehead atoms. The van der Waals surface area contributed by atoms with Gasteiger partial charge >= 0.3 is 29.8 Å². The lowest BCUT2D eigenvalue weighted by Crippen LogP contribution is -2.14. The van der Waals surface area contributed by atoms with Crippen LogP contribution >= 0.6 is 0 Å². The topological polar surface area (TPSA) is 187 Å². The first kappa shape index (κ1) is 49.1. The lowest BCUT2D eigenvalue weighted by Gasteiger charge is -2.20. The third kappa shape index (κ3) is 11.1. The highest BCUT2D eigenvalue weighted by molar-refractivity contribution is 5.74. The molecule has 12 heterocycles. The van der Waals surface area contributed by atoms with E-state index >= 15 is 0 Å². The second-order valence-corrected chi connectivity index (χ2v) is 18.4. The molecule has 0 radical (unpaired) electrons. The number of carbonyl (C=O) groups is 5. The fraction of sp³-hybridized carbons (Fsp3) is 0.293. The zero-order chi connectivity index (χ0) is 51.6. The molecule has 0 atom stereocenters. The number of carbonyl (C=O) groups excluding carboxylic acids is 5. The van der Waals surface area contributed by atoms with Crippen LogP contribution in [0.3, 0.4) is 0 Å². The summed E-state index contributed by atoms with van der Waals surface area (Å²) in [6.45, 7) is 6.66. The number of benzene rings is 6. The molecule has 16 nitrogen and oxygen atoms in total. The third-order valence-corrected chi connectivity index (χ3v) is 12.9. The Hall–Kier alpha value is -8.53. The minimum atomic E-state index is -0.570. The van der Waals surface area contributed by atoms with Crippen LogP contribution in [-0.4, -0.2) is 69.5 Å². The third-order valence-electron chi connectivity index (χ3n) is 12.9. The average molecular weight is 1010 g/mol. The van der Waals surface area contributed by atoms with E-state index in [1.807, 2.05) is 48.5 Å². The van der Waals surface area contributed by atoms with Gasteiger partial charge < -0.3 is 52.1 Å². The molecule has 0 saturated carbocycles. The van der Waals surface area contributed by atoms with Crippen LogP contribution < -0.4 is 52.1 Å². The molecule has 14 aliphatic rings. The summed E-state index contributed by atoms with van der Waals surface area (Å²) in [5, 5.41) is 0. The first-order valence-electron chi connectivity index (χ1n) is 24.3. The number of rotatable bonds is 5. The number of esters is 5. The van der Waals surface area contributed by atoms with E-state index in [9.17, 15) is 24.0 Å². The van der Waals surface area contributed by atoms with Crippen LogP contribution in [0.15, 0.2) is 78.9 Å². The van der Waals surface area contributed by atoms with E-state index in [1.54, 1.807) is 30.3 Å². The summed E-state index contributed by atoms with van der Waals surface area (Å²) in [5.74, 6) is 0.213. The van der Waals surface area contributed by atoms with Crippen molar-refractivity contribution in [3.8, 4) is 63.2 Å². The molecule has 12 aliphatic heterocycles. The van der Waals surface area contributed by atoms with E-state index in [1.165, 1.54) is 34.6 Å². The number of hydrogen-bond acceptors (Lipinski definition) is 16. The van der Waals surface area contributed by atoms with Gasteiger partial charge in [-0.1, -0.05) is 6.07 Å². The molecule has 6 aromatic rings. The summed E-state index contributed by atoms with van der Waals surface area (Å²) >= 11 is 0. The summed E-state index contributed by atoms with van der Waals surface area (Å²) in [6.07, 6.45) is 2.10. The van der Waals surface area contributed by atoms with Crippen molar-refractivity contribution < 1.29 is 76.1 Å². The van der Waals surface area contributed by atoms with Crippen molar-refractivity contribution in [2.75, 3.05) is 39.6 Å². The Labute approximate surface area is 426 Å². The highest BCUT2D eigenvalue weighted by Crippen LogP contribution is 2.43. The molecule has 0 aromatic heterocycles. The lowest BCUT2D eigenvalue weighted by atomic mass is 9.94. The van der Waals surface area contributed by atoms with Gasteiger partial charge in [-0.3, -0.25) is 24.0 Å². The Kier molecular flexibility index (Phi) is 13.9. The van der Waals surface area contributed by atoms with Crippen LogP contribution in [0.25, 0.3) is 0 Å². The Morgan fingerprint density at radius 1 is 0.284 bits per heavy atom. The van der Waals surface area contributed by atoms with Gasteiger partial charge in [-0.25, -0.2) is 0 Å². The first-order valence-corrected chi connectivity index (χ1v) is 24.3. The molecule has 0 amide bonds. The van der Waals surface area contributed by atoms with Gasteiger partial charge in [0, 0.05) is 34.6 Å². The highest BCUT2D eigenvalue weighted by atomic mass is 16.6. The summed E-state index contributed by atoms with van der Waals surface area (Å²) < 4.78 is 67.7. The molecule has 0 N–H and O–H groups in total. The second-order valence-electron chi connectivity index (χ2n) is 18.4. The molecular formula is C58H52O16. The van der Waals surface area contributed by atoms with Crippen molar-refractivity contribution in [2.45, 2.75) is 73.1 Å². The van der Waals surface area contributed by atoms with E-state index in [0.717, 1.165) is 66.8 Å². The predicted octanol–water partition coefficient (Wildman–Crippen LogP) is 8.48. The zero-order valence-electron chi connectivity index (χ0n) is 41.5. The number of hydrogen-bond donors (Lipinski definition) is 0. The first-order chi connectivity index (χ1) is 35.7. The Bertz CT molecular complexity index is 3260. The molecule has 74 heavy (non-hydrogen) atoms. The maximum absolute atomic E-state index is 12.7. The largest absolute Gasteiger partial charge is 0.490 e. The molecule has 0 fully saturated rings. The molecule has 20 rings (SSSR count). The zero-order valence-corrected chi connectivity index (χ0v) is 41.5. The van der Waals surface area contributed by atoms with E-state index < -0.39 is 29.8 Å². The van der Waals surface area contributed by atoms with Gasteiger partial charge in [0.05, 0.1) is 0 Å². The van der Waals surface area contributed by atoms with Gasteiger partial charge in [0.1, 0.15) is 45.4 Å². The van der Waals surface area contributed by atoms with E-state index in [2.05, 4.69) is 0 Å². The second kappa shape index (κ2) is 20.9. The molecule has 16 heteroatoms. The van der Waals surface area contributed by atoms with Gasteiger partial charge in [-0.15, -0.1) is 0 Å². The quantitative estimate of drug-likeness (QED) is 0.118. The van der Waals surface area contributed by atoms with Crippen LogP contribution in [0.1, 0.15) is 101 Å². The van der Waals surface area contributed by atoms with Crippen LogP contribution in [0.2, 0.25) is 0 Å². The standard InChI is InChI=1S/C58H52O16/c1-31(59)70-54-26-43-15-37-20-48-7-6-36(37)14-38-21-49-55(71-32(2)60)27-44(38)16-39(43)22-51(54)67-12-13-69-53-24-41-18-45-28-56(72-33(3)61)50(65-9-8-64-48)23-40(45)17-46-29-57(73-34(4)62)52(68-11-10-66-49)25-42(46)19-47(41)30-58(53)74-35(5)63/h6-7,20-30H,8-19H2,1-5H3. The van der Waals surface area contributed by atoms with E-state index in [4.69, 9.17) is 52.1 Å². The van der Waals surface area contributed by atoms with E-state index in [0.29, 0.717) is 55.8 Å². The summed E-state index contributed by atoms with van der Waals surface area (Å²) in [4.78, 5) is 63.5. The molecular weight excluding hydrogens is 953 g/mol. The Morgan fingerprint density at radius 2 is 0.500 bits per heavy atom. The predicted molar refractivity (Wildman–Crippen MR) is 265 cm³/mol. The number of ether oxygens (including phenoxy) is 11. The van der Waals surface area contributed by atoms with Gasteiger partial charge in [0.15, 0.2) is 57.5 Å². The summed E-state index contributed by atoms with van der Waals surface area (Å²) in [6, 6.07) is 24.0. The minimum absolute atomic E-state index is 0.0123. The fourth-order valence-electron chi connectivity index (χ4n) is 9.78. The maximum atomic E-state index is 12.7. The lowest BCUT2D eigenvalue weighted by molar-refractivity contribution is -0.133. The minimum Gasteiger partial charge on any atom is -0.490 e. The molecule has 0 spiro atoms. The van der Waals surface area contributed by atoms with Crippen LogP contribution in [-0.2, 0) is 62.5 Å². The maximum Gasteiger partial charge on any atom is 0.308 e. The Morgan fingerprint density at radius 3 is 0.757 bits per heavy atom. The van der Waals surface area contributed by atoms with E-state index in [-0.39, 0.29) is 85.6 Å². The Balaban J connectivity index is 1.21. The van der Waals surface area contributed by atoms with Gasteiger partial charge in [0.25, 0.3) is 0 Å². The van der Waals surface area contributed by atoms with Gasteiger partial charge in [-0.05, 0) is 178 Å². The SMILES string of the molecule is CC(=O)Oc1cc2c3cc1OCCOc1ccc4c(c1)Cc1cc(OC(C)=O)c5cc1Cc1cc(OC(C)=O)c(cc1C4)OCCOc1cc(c(cc1OC(C)=O)C3)Cc1cc(OC(C)=O)c(cc1C2)OCCO5. The summed E-state index contributed by atoms with van der Waals surface area (Å²) in [5.41, 5.74) is 9.99. The van der Waals surface area contributed by atoms with Crippen molar-refractivity contribution in [3.63, 3.8) is 0 Å². The molecule has 2 aliphatic carbocycles. The molecule has 380 valence electrons. The average Bonchev–Trinajstić information content (AvgIpc) is 3.42. The van der Waals surface area contributed by atoms with Crippen LogP contribution in [0.4, 0.5) is 0 Å². The smallest absolute Gasteiger partial charge is 0.308 e. The van der Waals surface area contributed by atoms with Gasteiger partial charge in [-0.2, -0.15) is 0 Å². The van der Waals surface area contributed by atoms with Crippen molar-refractivity contribution in [1.82, 2.24) is 0 Å². The van der Waals surface area contributed by atoms with Gasteiger partial charge in [0.2, 0.25) is 0 Å². The molecule has 0 saturated heterocycles. The van der Waals surface area contributed by atoms with Crippen LogP contribution in [0.5, 0.6) is 63.2 Å². The van der Waals surface area contributed by atoms with Crippen LogP contribution in [0, 0.1) is 0 Å². The van der Waals surface area contributed by atoms with Crippen molar-refractivity contribution >= 4 is 29.8 Å².